The van der Waals surface area contributed by atoms with E-state index in [9.17, 15) is 4.79 Å². The van der Waals surface area contributed by atoms with Gasteiger partial charge in [-0.1, -0.05) is 38.7 Å². The first-order valence-electron chi connectivity index (χ1n) is 3.91. The van der Waals surface area contributed by atoms with Crippen LogP contribution >= 0.6 is 0 Å². The van der Waals surface area contributed by atoms with Gasteiger partial charge in [0.1, 0.15) is 0 Å². The zero-order valence-corrected chi connectivity index (χ0v) is 7.87. The van der Waals surface area contributed by atoms with E-state index in [0.29, 0.717) is 0 Å². The lowest BCUT2D eigenvalue weighted by Crippen LogP contribution is -1.95. The molecule has 0 unspecified atom stereocenters. The number of carbonyl (C=O) groups is 1. The van der Waals surface area contributed by atoms with Crippen molar-refractivity contribution >= 4 is 5.97 Å². The van der Waals surface area contributed by atoms with Crippen molar-refractivity contribution in [2.45, 2.75) is 20.8 Å². The maximum absolute atomic E-state index is 10.3. The average molecular weight is 168 g/mol. The molecule has 0 fully saturated rings. The molecule has 0 aliphatic rings. The fourth-order valence-corrected chi connectivity index (χ4v) is 0.427. The molecule has 1 N–H and O–H groups in total. The normalized spacial score (nSPS) is 10.4. The Kier molecular flexibility index (Phi) is 10.7. The number of allylic oxidation sites excluding steroid dienone is 3. The fourth-order valence-electron chi connectivity index (χ4n) is 0.427. The van der Waals surface area contributed by atoms with E-state index >= 15 is 0 Å². The number of hydrogen-bond acceptors (Lipinski definition) is 1. The standard InChI is InChI=1S/C8H10O2.C2H6/c1-3-5-6-7(4-2)8(9)10;1-2/h3-6H,2H2,1H3,(H,9,10);1-2H3/b5-3-,7-6+;. The zero-order chi connectivity index (χ0) is 9.98. The summed E-state index contributed by atoms with van der Waals surface area (Å²) in [6, 6.07) is 0. The van der Waals surface area contributed by atoms with E-state index in [0.717, 1.165) is 0 Å². The summed E-state index contributed by atoms with van der Waals surface area (Å²) in [5, 5.41) is 8.43. The molecule has 0 aromatic heterocycles. The maximum Gasteiger partial charge on any atom is 0.335 e. The van der Waals surface area contributed by atoms with Crippen molar-refractivity contribution in [3.63, 3.8) is 0 Å². The lowest BCUT2D eigenvalue weighted by molar-refractivity contribution is -0.132. The highest BCUT2D eigenvalue weighted by Gasteiger charge is 1.97. The van der Waals surface area contributed by atoms with Crippen LogP contribution in [-0.4, -0.2) is 11.1 Å². The highest BCUT2D eigenvalue weighted by molar-refractivity contribution is 5.89. The fraction of sp³-hybridized carbons (Fsp3) is 0.300. The lowest BCUT2D eigenvalue weighted by Gasteiger charge is -1.88. The second kappa shape index (κ2) is 9.69. The molecule has 0 radical (unpaired) electrons. The summed E-state index contributed by atoms with van der Waals surface area (Å²) in [5.74, 6) is -0.951. The molecule has 68 valence electrons. The molecular weight excluding hydrogens is 152 g/mol. The van der Waals surface area contributed by atoms with Gasteiger partial charge in [0.25, 0.3) is 0 Å². The van der Waals surface area contributed by atoms with Crippen molar-refractivity contribution < 1.29 is 9.90 Å². The molecule has 0 saturated carbocycles. The largest absolute Gasteiger partial charge is 0.478 e. The Labute approximate surface area is 73.9 Å². The Balaban J connectivity index is 0. The molecule has 0 bridgehead atoms. The number of carboxylic acids is 1. The number of carboxylic acid groups (broad SMARTS) is 1. The average Bonchev–Trinajstić information content (AvgIpc) is 2.09. The van der Waals surface area contributed by atoms with Crippen LogP contribution in [0.4, 0.5) is 0 Å². The van der Waals surface area contributed by atoms with E-state index in [1.807, 2.05) is 20.8 Å². The summed E-state index contributed by atoms with van der Waals surface area (Å²) >= 11 is 0. The summed E-state index contributed by atoms with van der Waals surface area (Å²) in [6.07, 6.45) is 6.22. The van der Waals surface area contributed by atoms with E-state index < -0.39 is 5.97 Å². The lowest BCUT2D eigenvalue weighted by atomic mass is 10.2. The molecule has 0 aromatic rings. The third kappa shape index (κ3) is 6.81. The Morgan fingerprint density at radius 2 is 1.92 bits per heavy atom. The summed E-state index contributed by atoms with van der Waals surface area (Å²) < 4.78 is 0. The number of hydrogen-bond donors (Lipinski definition) is 1. The van der Waals surface area contributed by atoms with Crippen LogP contribution in [0.2, 0.25) is 0 Å². The van der Waals surface area contributed by atoms with Gasteiger partial charge in [-0.05, 0) is 13.0 Å². The van der Waals surface area contributed by atoms with Crippen LogP contribution in [0.15, 0.2) is 36.5 Å². The van der Waals surface area contributed by atoms with E-state index in [2.05, 4.69) is 6.58 Å². The van der Waals surface area contributed by atoms with E-state index in [4.69, 9.17) is 5.11 Å². The molecule has 0 atom stereocenters. The van der Waals surface area contributed by atoms with Crippen LogP contribution in [-0.2, 0) is 4.79 Å². The second-order valence-corrected chi connectivity index (χ2v) is 1.66. The summed E-state index contributed by atoms with van der Waals surface area (Å²) in [4.78, 5) is 10.3. The van der Waals surface area contributed by atoms with Crippen LogP contribution in [0.1, 0.15) is 20.8 Å². The SMILES string of the molecule is C=C/C(=C\C=C/C)C(=O)O.CC. The van der Waals surface area contributed by atoms with Crippen LogP contribution < -0.4 is 0 Å². The maximum atomic E-state index is 10.3. The van der Waals surface area contributed by atoms with Crippen molar-refractivity contribution in [2.75, 3.05) is 0 Å². The highest BCUT2D eigenvalue weighted by atomic mass is 16.4. The molecule has 12 heavy (non-hydrogen) atoms. The summed E-state index contributed by atoms with van der Waals surface area (Å²) in [7, 11) is 0. The van der Waals surface area contributed by atoms with E-state index in [1.54, 1.807) is 12.2 Å². The molecule has 0 heterocycles. The minimum atomic E-state index is -0.951. The predicted octanol–water partition coefficient (Wildman–Crippen LogP) is 2.79. The monoisotopic (exact) mass is 168 g/mol. The smallest absolute Gasteiger partial charge is 0.335 e. The first kappa shape index (κ1) is 13.3. The van der Waals surface area contributed by atoms with Gasteiger partial charge in [-0.25, -0.2) is 4.79 Å². The third-order valence-electron chi connectivity index (χ3n) is 0.935. The topological polar surface area (TPSA) is 37.3 Å². The first-order valence-corrected chi connectivity index (χ1v) is 3.91. The van der Waals surface area contributed by atoms with E-state index in [1.165, 1.54) is 12.2 Å². The van der Waals surface area contributed by atoms with Crippen molar-refractivity contribution in [3.8, 4) is 0 Å². The van der Waals surface area contributed by atoms with E-state index in [-0.39, 0.29) is 5.57 Å². The Bertz CT molecular complexity index is 188. The van der Waals surface area contributed by atoms with Crippen molar-refractivity contribution in [3.05, 3.63) is 36.5 Å². The molecule has 2 heteroatoms. The van der Waals surface area contributed by atoms with Gasteiger partial charge >= 0.3 is 5.97 Å². The van der Waals surface area contributed by atoms with Gasteiger partial charge in [-0.3, -0.25) is 0 Å². The molecule has 0 spiro atoms. The van der Waals surface area contributed by atoms with Crippen LogP contribution in [0.3, 0.4) is 0 Å². The molecule has 0 saturated heterocycles. The minimum absolute atomic E-state index is 0.207. The van der Waals surface area contributed by atoms with Crippen molar-refractivity contribution in [2.24, 2.45) is 0 Å². The molecule has 0 amide bonds. The Hall–Kier alpha value is -1.31. The van der Waals surface area contributed by atoms with Gasteiger partial charge in [-0.2, -0.15) is 0 Å². The van der Waals surface area contributed by atoms with Crippen molar-refractivity contribution in [1.29, 1.82) is 0 Å². The molecule has 0 aliphatic heterocycles. The molecule has 0 rings (SSSR count). The molecule has 0 aliphatic carbocycles. The summed E-state index contributed by atoms with van der Waals surface area (Å²) in [6.45, 7) is 9.17. The second-order valence-electron chi connectivity index (χ2n) is 1.66. The summed E-state index contributed by atoms with van der Waals surface area (Å²) in [5.41, 5.74) is 0.207. The number of rotatable bonds is 3. The van der Waals surface area contributed by atoms with Crippen LogP contribution in [0.5, 0.6) is 0 Å². The Morgan fingerprint density at radius 3 is 2.17 bits per heavy atom. The molecular formula is C10H16O2. The van der Waals surface area contributed by atoms with Crippen LogP contribution in [0, 0.1) is 0 Å². The highest BCUT2D eigenvalue weighted by Crippen LogP contribution is 1.95. The van der Waals surface area contributed by atoms with Gasteiger partial charge in [0.15, 0.2) is 0 Å². The zero-order valence-electron chi connectivity index (χ0n) is 7.87. The predicted molar refractivity (Wildman–Crippen MR) is 52.1 cm³/mol. The quantitative estimate of drug-likeness (QED) is 0.519. The van der Waals surface area contributed by atoms with Gasteiger partial charge < -0.3 is 5.11 Å². The minimum Gasteiger partial charge on any atom is -0.478 e. The third-order valence-corrected chi connectivity index (χ3v) is 0.935. The first-order chi connectivity index (χ1) is 5.72. The van der Waals surface area contributed by atoms with Crippen molar-refractivity contribution in [1.82, 2.24) is 0 Å². The van der Waals surface area contributed by atoms with Gasteiger partial charge in [-0.15, -0.1) is 0 Å². The number of aliphatic carboxylic acids is 1. The van der Waals surface area contributed by atoms with Crippen LogP contribution in [0.25, 0.3) is 0 Å². The van der Waals surface area contributed by atoms with Gasteiger partial charge in [0, 0.05) is 0 Å². The van der Waals surface area contributed by atoms with Gasteiger partial charge in [0.2, 0.25) is 0 Å². The molecule has 0 aromatic carbocycles. The Morgan fingerprint density at radius 1 is 1.42 bits per heavy atom. The van der Waals surface area contributed by atoms with Gasteiger partial charge in [0.05, 0.1) is 5.57 Å². The molecule has 2 nitrogen and oxygen atoms in total.